The summed E-state index contributed by atoms with van der Waals surface area (Å²) in [5.41, 5.74) is 9.21. The lowest BCUT2D eigenvalue weighted by Gasteiger charge is -2.15. The first-order valence-corrected chi connectivity index (χ1v) is 5.93. The van der Waals surface area contributed by atoms with E-state index in [1.807, 2.05) is 0 Å². The Balaban J connectivity index is 3.18. The van der Waals surface area contributed by atoms with Gasteiger partial charge in [0.2, 0.25) is 0 Å². The summed E-state index contributed by atoms with van der Waals surface area (Å²) in [7, 11) is 1.72. The molecular formula is C12H18BrNO. The largest absolute Gasteiger partial charge is 0.496 e. The van der Waals surface area contributed by atoms with Gasteiger partial charge in [-0.15, -0.1) is 0 Å². The molecule has 0 saturated heterocycles. The summed E-state index contributed by atoms with van der Waals surface area (Å²) in [4.78, 5) is 0. The van der Waals surface area contributed by atoms with Crippen molar-refractivity contribution < 1.29 is 4.74 Å². The molecule has 0 unspecified atom stereocenters. The molecule has 2 nitrogen and oxygen atoms in total. The third-order valence-electron chi connectivity index (χ3n) is 2.51. The van der Waals surface area contributed by atoms with Crippen LogP contribution in [0.4, 0.5) is 0 Å². The zero-order valence-corrected chi connectivity index (χ0v) is 11.1. The van der Waals surface area contributed by atoms with E-state index in [1.165, 1.54) is 16.7 Å². The van der Waals surface area contributed by atoms with E-state index in [0.717, 1.165) is 23.1 Å². The van der Waals surface area contributed by atoms with Crippen LogP contribution in [-0.2, 0) is 6.42 Å². The van der Waals surface area contributed by atoms with Crippen molar-refractivity contribution in [2.75, 3.05) is 13.7 Å². The Bertz CT molecular complexity index is 350. The molecule has 0 fully saturated rings. The van der Waals surface area contributed by atoms with Crippen LogP contribution in [0.3, 0.4) is 0 Å². The van der Waals surface area contributed by atoms with Gasteiger partial charge < -0.3 is 10.5 Å². The molecule has 15 heavy (non-hydrogen) atoms. The summed E-state index contributed by atoms with van der Waals surface area (Å²) >= 11 is 3.62. The van der Waals surface area contributed by atoms with Crippen molar-refractivity contribution >= 4 is 15.9 Å². The number of halogens is 1. The summed E-state index contributed by atoms with van der Waals surface area (Å²) in [6, 6.07) is 2.13. The normalized spacial score (nSPS) is 10.5. The molecule has 1 aromatic rings. The van der Waals surface area contributed by atoms with Crippen LogP contribution in [0.1, 0.15) is 23.1 Å². The summed E-state index contributed by atoms with van der Waals surface area (Å²) in [5, 5.41) is 0. The number of benzene rings is 1. The molecule has 0 aliphatic rings. The SMILES string of the molecule is COc1c(C)cc(C)c(Br)c1CCCN. The molecule has 1 aromatic carbocycles. The number of hydrogen-bond acceptors (Lipinski definition) is 2. The fraction of sp³-hybridized carbons (Fsp3) is 0.500. The number of hydrogen-bond donors (Lipinski definition) is 1. The van der Waals surface area contributed by atoms with E-state index in [9.17, 15) is 0 Å². The second kappa shape index (κ2) is 5.52. The zero-order valence-electron chi connectivity index (χ0n) is 9.56. The Hall–Kier alpha value is -0.540. The maximum atomic E-state index is 5.54. The van der Waals surface area contributed by atoms with Gasteiger partial charge >= 0.3 is 0 Å². The standard InChI is InChI=1S/C12H18BrNO/c1-8-7-9(2)12(15-3)10(11(8)13)5-4-6-14/h7H,4-6,14H2,1-3H3. The Morgan fingerprint density at radius 3 is 2.53 bits per heavy atom. The molecule has 84 valence electrons. The van der Waals surface area contributed by atoms with Gasteiger partial charge in [-0.05, 0) is 44.4 Å². The van der Waals surface area contributed by atoms with E-state index in [-0.39, 0.29) is 0 Å². The number of nitrogens with two attached hydrogens (primary N) is 1. The van der Waals surface area contributed by atoms with Crippen LogP contribution in [0, 0.1) is 13.8 Å². The van der Waals surface area contributed by atoms with Crippen LogP contribution < -0.4 is 10.5 Å². The molecule has 0 radical (unpaired) electrons. The van der Waals surface area contributed by atoms with Gasteiger partial charge in [-0.3, -0.25) is 0 Å². The summed E-state index contributed by atoms with van der Waals surface area (Å²) in [6.45, 7) is 4.88. The lowest BCUT2D eigenvalue weighted by molar-refractivity contribution is 0.405. The predicted octanol–water partition coefficient (Wildman–Crippen LogP) is 2.97. The third kappa shape index (κ3) is 2.73. The second-order valence-electron chi connectivity index (χ2n) is 3.73. The molecule has 0 heterocycles. The van der Waals surface area contributed by atoms with Crippen LogP contribution in [-0.4, -0.2) is 13.7 Å². The minimum absolute atomic E-state index is 0.711. The van der Waals surface area contributed by atoms with Crippen LogP contribution >= 0.6 is 15.9 Å². The topological polar surface area (TPSA) is 35.2 Å². The van der Waals surface area contributed by atoms with Crippen LogP contribution in [0.25, 0.3) is 0 Å². The molecule has 0 atom stereocenters. The Morgan fingerprint density at radius 1 is 1.33 bits per heavy atom. The number of methoxy groups -OCH3 is 1. The zero-order chi connectivity index (χ0) is 11.4. The average molecular weight is 272 g/mol. The molecule has 2 N–H and O–H groups in total. The molecule has 0 aliphatic carbocycles. The molecule has 0 bridgehead atoms. The highest BCUT2D eigenvalue weighted by Crippen LogP contribution is 2.34. The summed E-state index contributed by atoms with van der Waals surface area (Å²) < 4.78 is 6.59. The number of ether oxygens (including phenoxy) is 1. The Kier molecular flexibility index (Phi) is 4.61. The summed E-state index contributed by atoms with van der Waals surface area (Å²) in [6.07, 6.45) is 1.95. The molecule has 0 aromatic heterocycles. The number of rotatable bonds is 4. The minimum atomic E-state index is 0.711. The van der Waals surface area contributed by atoms with Gasteiger partial charge in [-0.2, -0.15) is 0 Å². The van der Waals surface area contributed by atoms with Gasteiger partial charge in [0.05, 0.1) is 7.11 Å². The van der Waals surface area contributed by atoms with Gasteiger partial charge in [-0.25, -0.2) is 0 Å². The van der Waals surface area contributed by atoms with Gasteiger partial charge in [0.1, 0.15) is 5.75 Å². The van der Waals surface area contributed by atoms with Gasteiger partial charge in [0.15, 0.2) is 0 Å². The van der Waals surface area contributed by atoms with Crippen molar-refractivity contribution in [1.29, 1.82) is 0 Å². The minimum Gasteiger partial charge on any atom is -0.496 e. The second-order valence-corrected chi connectivity index (χ2v) is 4.52. The van der Waals surface area contributed by atoms with Crippen molar-refractivity contribution in [3.8, 4) is 5.75 Å². The molecular weight excluding hydrogens is 254 g/mol. The smallest absolute Gasteiger partial charge is 0.126 e. The molecule has 0 amide bonds. The fourth-order valence-corrected chi connectivity index (χ4v) is 2.31. The molecule has 0 saturated carbocycles. The fourth-order valence-electron chi connectivity index (χ4n) is 1.82. The van der Waals surface area contributed by atoms with Gasteiger partial charge in [-0.1, -0.05) is 22.0 Å². The van der Waals surface area contributed by atoms with E-state index >= 15 is 0 Å². The highest BCUT2D eigenvalue weighted by Gasteiger charge is 2.12. The molecule has 0 aliphatic heterocycles. The van der Waals surface area contributed by atoms with E-state index in [2.05, 4.69) is 35.8 Å². The monoisotopic (exact) mass is 271 g/mol. The first-order valence-electron chi connectivity index (χ1n) is 5.14. The van der Waals surface area contributed by atoms with E-state index in [4.69, 9.17) is 10.5 Å². The maximum Gasteiger partial charge on any atom is 0.126 e. The van der Waals surface area contributed by atoms with Crippen molar-refractivity contribution in [3.05, 3.63) is 27.2 Å². The first-order chi connectivity index (χ1) is 7.11. The van der Waals surface area contributed by atoms with Crippen LogP contribution in [0.2, 0.25) is 0 Å². The maximum absolute atomic E-state index is 5.54. The quantitative estimate of drug-likeness (QED) is 0.914. The highest BCUT2D eigenvalue weighted by molar-refractivity contribution is 9.10. The van der Waals surface area contributed by atoms with Crippen molar-refractivity contribution in [2.24, 2.45) is 5.73 Å². The summed E-state index contributed by atoms with van der Waals surface area (Å²) in [5.74, 6) is 0.987. The van der Waals surface area contributed by atoms with E-state index in [0.29, 0.717) is 6.54 Å². The van der Waals surface area contributed by atoms with Crippen molar-refractivity contribution in [2.45, 2.75) is 26.7 Å². The lowest BCUT2D eigenvalue weighted by atomic mass is 10.0. The highest BCUT2D eigenvalue weighted by atomic mass is 79.9. The van der Waals surface area contributed by atoms with Gasteiger partial charge in [0.25, 0.3) is 0 Å². The van der Waals surface area contributed by atoms with E-state index in [1.54, 1.807) is 7.11 Å². The van der Waals surface area contributed by atoms with Crippen molar-refractivity contribution in [3.63, 3.8) is 0 Å². The van der Waals surface area contributed by atoms with Gasteiger partial charge in [0, 0.05) is 10.0 Å². The first kappa shape index (κ1) is 12.5. The Morgan fingerprint density at radius 2 is 2.00 bits per heavy atom. The molecule has 0 spiro atoms. The van der Waals surface area contributed by atoms with E-state index < -0.39 is 0 Å². The van der Waals surface area contributed by atoms with Crippen LogP contribution in [0.5, 0.6) is 5.75 Å². The third-order valence-corrected chi connectivity index (χ3v) is 3.62. The Labute approximate surface area is 99.9 Å². The molecule has 1 rings (SSSR count). The lowest BCUT2D eigenvalue weighted by Crippen LogP contribution is -2.04. The van der Waals surface area contributed by atoms with Crippen molar-refractivity contribution in [1.82, 2.24) is 0 Å². The average Bonchev–Trinajstić information content (AvgIpc) is 2.21. The van der Waals surface area contributed by atoms with Crippen LogP contribution in [0.15, 0.2) is 10.5 Å². The number of aryl methyl sites for hydroxylation is 2. The molecule has 3 heteroatoms. The predicted molar refractivity (Wildman–Crippen MR) is 67.5 cm³/mol.